The Morgan fingerprint density at radius 2 is 2.33 bits per heavy atom. The number of phosphoric ester groups is 1. The van der Waals surface area contributed by atoms with Crippen molar-refractivity contribution in [3.8, 4) is 0 Å². The number of fused-ring (bicyclic) bond motifs is 1. The van der Waals surface area contributed by atoms with E-state index in [0.717, 1.165) is 0 Å². The van der Waals surface area contributed by atoms with Crippen molar-refractivity contribution in [1.82, 2.24) is 25.0 Å². The average Bonchev–Trinajstić information content (AvgIpc) is 3.02. The minimum atomic E-state index is -4.51. The fourth-order valence-electron chi connectivity index (χ4n) is 2.19. The van der Waals surface area contributed by atoms with Crippen LogP contribution < -0.4 is 5.56 Å². The second-order valence-electron chi connectivity index (χ2n) is 4.54. The van der Waals surface area contributed by atoms with Crippen LogP contribution in [0.15, 0.2) is 11.1 Å². The number of aromatic nitrogens is 5. The lowest BCUT2D eigenvalue weighted by molar-refractivity contribution is -0.0205. The van der Waals surface area contributed by atoms with Crippen molar-refractivity contribution < 1.29 is 23.6 Å². The summed E-state index contributed by atoms with van der Waals surface area (Å²) in [7, 11) is -4.51. The molecule has 3 heterocycles. The van der Waals surface area contributed by atoms with E-state index >= 15 is 0 Å². The van der Waals surface area contributed by atoms with Gasteiger partial charge in [0.2, 0.25) is 0 Å². The van der Waals surface area contributed by atoms with Crippen molar-refractivity contribution in [2.24, 2.45) is 0 Å². The van der Waals surface area contributed by atoms with Gasteiger partial charge in [0.15, 0.2) is 11.2 Å². The summed E-state index contributed by atoms with van der Waals surface area (Å²) in [6.45, 7) is -0.209. The molecule has 0 amide bonds. The Morgan fingerprint density at radius 3 is 3.10 bits per heavy atom. The smallest absolute Gasteiger partial charge is 0.352 e. The van der Waals surface area contributed by atoms with Crippen molar-refractivity contribution >= 4 is 19.0 Å². The number of phosphoric acid groups is 1. The number of imidazole rings is 1. The number of hydrogen-bond acceptors (Lipinski definition) is 7. The SMILES string of the molecule is O=c1[nH]nnc2c1ncn2[C@H]1CC[C@@H](COP(=O)(O)O)O1. The lowest BCUT2D eigenvalue weighted by Gasteiger charge is -2.15. The van der Waals surface area contributed by atoms with Crippen LogP contribution in [-0.4, -0.2) is 47.5 Å². The van der Waals surface area contributed by atoms with E-state index < -0.39 is 25.7 Å². The number of nitrogens with zero attached hydrogens (tertiary/aromatic N) is 4. The molecule has 1 aliphatic rings. The summed E-state index contributed by atoms with van der Waals surface area (Å²) in [6.07, 6.45) is 1.67. The first-order chi connectivity index (χ1) is 9.94. The van der Waals surface area contributed by atoms with Gasteiger partial charge in [0.05, 0.1) is 19.0 Å². The maximum Gasteiger partial charge on any atom is 0.469 e. The summed E-state index contributed by atoms with van der Waals surface area (Å²) in [5.41, 5.74) is 0.00181. The van der Waals surface area contributed by atoms with Gasteiger partial charge in [-0.05, 0) is 12.8 Å². The first kappa shape index (κ1) is 14.3. The highest BCUT2D eigenvalue weighted by atomic mass is 31.2. The summed E-state index contributed by atoms with van der Waals surface area (Å²) in [4.78, 5) is 32.8. The Morgan fingerprint density at radius 1 is 1.52 bits per heavy atom. The molecule has 114 valence electrons. The number of H-pyrrole nitrogens is 1. The number of hydrogen-bond donors (Lipinski definition) is 3. The topological polar surface area (TPSA) is 152 Å². The minimum Gasteiger partial charge on any atom is -0.352 e. The van der Waals surface area contributed by atoms with Gasteiger partial charge in [0.25, 0.3) is 5.56 Å². The zero-order chi connectivity index (χ0) is 15.0. The van der Waals surface area contributed by atoms with E-state index in [2.05, 4.69) is 24.9 Å². The maximum absolute atomic E-state index is 11.5. The quantitative estimate of drug-likeness (QED) is 0.621. The van der Waals surface area contributed by atoms with E-state index in [1.165, 1.54) is 6.33 Å². The van der Waals surface area contributed by atoms with Gasteiger partial charge in [-0.1, -0.05) is 5.21 Å². The molecule has 1 saturated heterocycles. The van der Waals surface area contributed by atoms with E-state index in [1.54, 1.807) is 4.57 Å². The highest BCUT2D eigenvalue weighted by molar-refractivity contribution is 7.46. The molecule has 2 aromatic rings. The third-order valence-corrected chi connectivity index (χ3v) is 3.59. The molecule has 21 heavy (non-hydrogen) atoms. The molecule has 11 nitrogen and oxygen atoms in total. The predicted octanol–water partition coefficient (Wildman–Crippen LogP) is -0.699. The van der Waals surface area contributed by atoms with Crippen molar-refractivity contribution in [2.75, 3.05) is 6.61 Å². The van der Waals surface area contributed by atoms with Crippen LogP contribution in [0, 0.1) is 0 Å². The van der Waals surface area contributed by atoms with E-state index in [-0.39, 0.29) is 12.1 Å². The van der Waals surface area contributed by atoms with Crippen LogP contribution in [0.2, 0.25) is 0 Å². The van der Waals surface area contributed by atoms with Gasteiger partial charge in [-0.2, -0.15) is 0 Å². The fourth-order valence-corrected chi connectivity index (χ4v) is 2.55. The summed E-state index contributed by atoms with van der Waals surface area (Å²) >= 11 is 0. The molecule has 1 fully saturated rings. The van der Waals surface area contributed by atoms with Crippen molar-refractivity contribution in [1.29, 1.82) is 0 Å². The Bertz CT molecular complexity index is 752. The molecule has 0 spiro atoms. The molecule has 2 aromatic heterocycles. The predicted molar refractivity (Wildman–Crippen MR) is 67.1 cm³/mol. The number of rotatable bonds is 4. The summed E-state index contributed by atoms with van der Waals surface area (Å²) in [6, 6.07) is 0. The standard InChI is InChI=1S/C9H12N5O6P/c15-9-7-8(11-13-12-9)14(4-10-7)6-2-1-5(20-6)3-19-21(16,17)18/h4-6H,1-3H2,(H,11,12,15)(H2,16,17,18)/t5-,6+/m0/s1. The Kier molecular flexibility index (Phi) is 3.59. The third kappa shape index (κ3) is 3.01. The highest BCUT2D eigenvalue weighted by Crippen LogP contribution is 2.38. The largest absolute Gasteiger partial charge is 0.469 e. The fraction of sp³-hybridized carbons (Fsp3) is 0.556. The second-order valence-corrected chi connectivity index (χ2v) is 5.78. The van der Waals surface area contributed by atoms with Gasteiger partial charge in [-0.15, -0.1) is 5.10 Å². The average molecular weight is 317 g/mol. The van der Waals surface area contributed by atoms with Crippen molar-refractivity contribution in [3.63, 3.8) is 0 Å². The molecule has 3 rings (SSSR count). The van der Waals surface area contributed by atoms with Crippen LogP contribution in [0.4, 0.5) is 0 Å². The molecule has 0 bridgehead atoms. The first-order valence-corrected chi connectivity index (χ1v) is 7.60. The van der Waals surface area contributed by atoms with Crippen LogP contribution in [0.3, 0.4) is 0 Å². The Hall–Kier alpha value is -1.65. The summed E-state index contributed by atoms with van der Waals surface area (Å²) in [5.74, 6) is 0. The molecule has 2 atom stereocenters. The van der Waals surface area contributed by atoms with Crippen LogP contribution in [0.1, 0.15) is 19.1 Å². The Labute approximate surface area is 117 Å². The highest BCUT2D eigenvalue weighted by Gasteiger charge is 2.30. The van der Waals surface area contributed by atoms with Crippen LogP contribution in [-0.2, 0) is 13.8 Å². The second kappa shape index (κ2) is 5.28. The van der Waals surface area contributed by atoms with Crippen molar-refractivity contribution in [3.05, 3.63) is 16.7 Å². The molecule has 0 aliphatic carbocycles. The first-order valence-electron chi connectivity index (χ1n) is 6.07. The molecule has 0 aromatic carbocycles. The van der Waals surface area contributed by atoms with Crippen molar-refractivity contribution in [2.45, 2.75) is 25.2 Å². The maximum atomic E-state index is 11.5. The van der Waals surface area contributed by atoms with Gasteiger partial charge in [0, 0.05) is 0 Å². The van der Waals surface area contributed by atoms with E-state index in [9.17, 15) is 9.36 Å². The molecule has 3 N–H and O–H groups in total. The summed E-state index contributed by atoms with van der Waals surface area (Å²) < 4.78 is 22.3. The molecule has 0 radical (unpaired) electrons. The number of aromatic amines is 1. The lowest BCUT2D eigenvalue weighted by Crippen LogP contribution is -2.17. The van der Waals surface area contributed by atoms with E-state index in [1.807, 2.05) is 0 Å². The van der Waals surface area contributed by atoms with Crippen LogP contribution in [0.25, 0.3) is 11.2 Å². The van der Waals surface area contributed by atoms with Gasteiger partial charge >= 0.3 is 7.82 Å². The number of ether oxygens (including phenoxy) is 1. The number of nitrogens with one attached hydrogen (secondary N) is 1. The normalized spacial score (nSPS) is 23.0. The van der Waals surface area contributed by atoms with Gasteiger partial charge in [0.1, 0.15) is 6.23 Å². The zero-order valence-electron chi connectivity index (χ0n) is 10.6. The molecular formula is C9H12N5O6P. The monoisotopic (exact) mass is 317 g/mol. The molecule has 12 heteroatoms. The Balaban J connectivity index is 1.75. The van der Waals surface area contributed by atoms with Crippen LogP contribution >= 0.6 is 7.82 Å². The van der Waals surface area contributed by atoms with E-state index in [4.69, 9.17) is 14.5 Å². The van der Waals surface area contributed by atoms with Gasteiger partial charge in [-0.25, -0.2) is 14.6 Å². The van der Waals surface area contributed by atoms with E-state index in [0.29, 0.717) is 18.5 Å². The molecular weight excluding hydrogens is 305 g/mol. The third-order valence-electron chi connectivity index (χ3n) is 3.10. The summed E-state index contributed by atoms with van der Waals surface area (Å²) in [5, 5.41) is 9.47. The minimum absolute atomic E-state index is 0.156. The van der Waals surface area contributed by atoms with Gasteiger partial charge in [-0.3, -0.25) is 13.9 Å². The molecule has 0 unspecified atom stereocenters. The molecule has 1 aliphatic heterocycles. The molecule has 0 saturated carbocycles. The lowest BCUT2D eigenvalue weighted by atomic mass is 10.2. The zero-order valence-corrected chi connectivity index (χ0v) is 11.5. The van der Waals surface area contributed by atoms with Gasteiger partial charge < -0.3 is 14.5 Å². The van der Waals surface area contributed by atoms with Crippen LogP contribution in [0.5, 0.6) is 0 Å².